The van der Waals surface area contributed by atoms with Crippen LogP contribution in [-0.4, -0.2) is 25.5 Å². The highest BCUT2D eigenvalue weighted by Gasteiger charge is 2.53. The van der Waals surface area contributed by atoms with E-state index in [1.54, 1.807) is 24.3 Å². The van der Waals surface area contributed by atoms with Crippen molar-refractivity contribution < 1.29 is 18.7 Å². The van der Waals surface area contributed by atoms with E-state index in [1.807, 2.05) is 30.3 Å². The van der Waals surface area contributed by atoms with E-state index in [4.69, 9.17) is 4.74 Å². The van der Waals surface area contributed by atoms with E-state index in [0.717, 1.165) is 49.0 Å². The maximum Gasteiger partial charge on any atom is 0.337 e. The minimum Gasteiger partial charge on any atom is -0.465 e. The summed E-state index contributed by atoms with van der Waals surface area (Å²) in [6.45, 7) is 1.42. The van der Waals surface area contributed by atoms with Gasteiger partial charge in [0.15, 0.2) is 0 Å². The quantitative estimate of drug-likeness (QED) is 0.511. The lowest BCUT2D eigenvalue weighted by atomic mass is 9.96. The van der Waals surface area contributed by atoms with Crippen molar-refractivity contribution in [3.8, 4) is 0 Å². The molecular weight excluding hydrogens is 443 g/mol. The molecule has 1 N–H and O–H groups in total. The first-order valence-electron chi connectivity index (χ1n) is 12.1. The van der Waals surface area contributed by atoms with Gasteiger partial charge in [0.1, 0.15) is 5.82 Å². The highest BCUT2D eigenvalue weighted by atomic mass is 19.1. The molecule has 1 aliphatic heterocycles. The standard InChI is InChI=1S/C29H27FN2O3/c1-35-27(34)20-8-10-21(11-9-20)29(14-15-29)31-26(33)23-6-3-7-24-25(23)32(18-28(24)12-13-28)17-19-4-2-5-22(30)16-19/h2-11,16H,12-15,17-18H2,1H3,(H,31,33). The third-order valence-electron chi connectivity index (χ3n) is 7.74. The van der Waals surface area contributed by atoms with Crippen LogP contribution in [0.2, 0.25) is 0 Å². The van der Waals surface area contributed by atoms with Crippen molar-refractivity contribution in [3.63, 3.8) is 0 Å². The van der Waals surface area contributed by atoms with Gasteiger partial charge in [-0.25, -0.2) is 9.18 Å². The number of benzene rings is 3. The summed E-state index contributed by atoms with van der Waals surface area (Å²) in [6, 6.07) is 20.0. The molecule has 1 amide bonds. The number of fused-ring (bicyclic) bond motifs is 2. The van der Waals surface area contributed by atoms with Crippen LogP contribution in [0.15, 0.2) is 66.7 Å². The molecule has 0 radical (unpaired) electrons. The van der Waals surface area contributed by atoms with Crippen molar-refractivity contribution in [2.75, 3.05) is 18.6 Å². The number of methoxy groups -OCH3 is 1. The number of carbonyl (C=O) groups excluding carboxylic acids is 2. The largest absolute Gasteiger partial charge is 0.465 e. The lowest BCUT2D eigenvalue weighted by Crippen LogP contribution is -2.36. The van der Waals surface area contributed by atoms with E-state index < -0.39 is 5.54 Å². The molecular formula is C29H27FN2O3. The van der Waals surface area contributed by atoms with E-state index in [0.29, 0.717) is 17.7 Å². The van der Waals surface area contributed by atoms with Gasteiger partial charge >= 0.3 is 5.97 Å². The number of hydrogen-bond donors (Lipinski definition) is 1. The van der Waals surface area contributed by atoms with Gasteiger partial charge in [-0.15, -0.1) is 0 Å². The zero-order chi connectivity index (χ0) is 24.2. The number of nitrogens with one attached hydrogen (secondary N) is 1. The predicted octanol–water partition coefficient (Wildman–Crippen LogP) is 5.08. The first-order valence-corrected chi connectivity index (χ1v) is 12.1. The van der Waals surface area contributed by atoms with Gasteiger partial charge in [0.25, 0.3) is 5.91 Å². The number of esters is 1. The van der Waals surface area contributed by atoms with E-state index in [-0.39, 0.29) is 23.1 Å². The molecule has 6 heteroatoms. The van der Waals surface area contributed by atoms with Gasteiger partial charge in [0.2, 0.25) is 0 Å². The summed E-state index contributed by atoms with van der Waals surface area (Å²) in [7, 11) is 1.36. The van der Waals surface area contributed by atoms with Crippen LogP contribution in [0.25, 0.3) is 0 Å². The Morgan fingerprint density at radius 2 is 1.74 bits per heavy atom. The monoisotopic (exact) mass is 470 g/mol. The van der Waals surface area contributed by atoms with Crippen LogP contribution in [0.1, 0.15) is 63.1 Å². The molecule has 3 aliphatic rings. The van der Waals surface area contributed by atoms with Crippen molar-refractivity contribution in [2.24, 2.45) is 0 Å². The zero-order valence-electron chi connectivity index (χ0n) is 19.6. The molecule has 1 spiro atoms. The molecule has 0 saturated heterocycles. The molecule has 2 fully saturated rings. The molecule has 2 saturated carbocycles. The summed E-state index contributed by atoms with van der Waals surface area (Å²) in [5.41, 5.74) is 4.94. The zero-order valence-corrected chi connectivity index (χ0v) is 19.6. The number of rotatable bonds is 6. The van der Waals surface area contributed by atoms with Gasteiger partial charge < -0.3 is 15.0 Å². The molecule has 35 heavy (non-hydrogen) atoms. The summed E-state index contributed by atoms with van der Waals surface area (Å²) in [5, 5.41) is 3.29. The van der Waals surface area contributed by atoms with E-state index >= 15 is 0 Å². The van der Waals surface area contributed by atoms with Crippen LogP contribution in [0, 0.1) is 5.82 Å². The highest BCUT2D eigenvalue weighted by molar-refractivity contribution is 6.02. The molecule has 5 nitrogen and oxygen atoms in total. The topological polar surface area (TPSA) is 58.6 Å². The average molecular weight is 471 g/mol. The normalized spacial score (nSPS) is 18.2. The fraction of sp³-hybridized carbons (Fsp3) is 0.310. The summed E-state index contributed by atoms with van der Waals surface area (Å²) in [6.07, 6.45) is 3.92. The Bertz CT molecular complexity index is 1330. The molecule has 178 valence electrons. The molecule has 0 unspecified atom stereocenters. The summed E-state index contributed by atoms with van der Waals surface area (Å²) < 4.78 is 18.6. The van der Waals surface area contributed by atoms with Gasteiger partial charge in [0, 0.05) is 18.5 Å². The van der Waals surface area contributed by atoms with Gasteiger partial charge in [-0.2, -0.15) is 0 Å². The Labute approximate surface area is 203 Å². The number of hydrogen-bond acceptors (Lipinski definition) is 4. The van der Waals surface area contributed by atoms with Crippen LogP contribution in [0.5, 0.6) is 0 Å². The molecule has 3 aromatic carbocycles. The summed E-state index contributed by atoms with van der Waals surface area (Å²) in [4.78, 5) is 27.7. The smallest absolute Gasteiger partial charge is 0.337 e. The molecule has 1 heterocycles. The fourth-order valence-corrected chi connectivity index (χ4v) is 5.53. The third kappa shape index (κ3) is 3.77. The van der Waals surface area contributed by atoms with Crippen LogP contribution >= 0.6 is 0 Å². The van der Waals surface area contributed by atoms with Crippen molar-refractivity contribution in [1.29, 1.82) is 0 Å². The minimum absolute atomic E-state index is 0.0988. The first kappa shape index (κ1) is 21.8. The maximum absolute atomic E-state index is 13.8. The second-order valence-electron chi connectivity index (χ2n) is 10.1. The number of amides is 1. The molecule has 2 aliphatic carbocycles. The van der Waals surface area contributed by atoms with Gasteiger partial charge in [-0.3, -0.25) is 4.79 Å². The van der Waals surface area contributed by atoms with Crippen molar-refractivity contribution in [1.82, 2.24) is 5.32 Å². The minimum atomic E-state index is -0.419. The lowest BCUT2D eigenvalue weighted by Gasteiger charge is -2.24. The Balaban J connectivity index is 1.29. The first-order chi connectivity index (χ1) is 16.9. The van der Waals surface area contributed by atoms with Crippen molar-refractivity contribution >= 4 is 17.6 Å². The molecule has 0 bridgehead atoms. The third-order valence-corrected chi connectivity index (χ3v) is 7.74. The predicted molar refractivity (Wildman–Crippen MR) is 131 cm³/mol. The van der Waals surface area contributed by atoms with Crippen LogP contribution < -0.4 is 10.2 Å². The van der Waals surface area contributed by atoms with Gasteiger partial charge in [-0.1, -0.05) is 36.4 Å². The molecule has 6 rings (SSSR count). The second kappa shape index (κ2) is 7.94. The van der Waals surface area contributed by atoms with Crippen LogP contribution in [0.4, 0.5) is 10.1 Å². The summed E-state index contributed by atoms with van der Waals surface area (Å²) >= 11 is 0. The fourth-order valence-electron chi connectivity index (χ4n) is 5.53. The molecule has 0 atom stereocenters. The number of halogens is 1. The number of para-hydroxylation sites is 1. The average Bonchev–Trinajstić information content (AvgIpc) is 3.79. The number of carbonyl (C=O) groups is 2. The number of ether oxygens (including phenoxy) is 1. The Hall–Kier alpha value is -3.67. The van der Waals surface area contributed by atoms with E-state index in [1.165, 1.54) is 18.7 Å². The highest BCUT2D eigenvalue weighted by Crippen LogP contribution is 2.57. The van der Waals surface area contributed by atoms with Crippen LogP contribution in [0.3, 0.4) is 0 Å². The van der Waals surface area contributed by atoms with E-state index in [9.17, 15) is 14.0 Å². The SMILES string of the molecule is COC(=O)c1ccc(C2(NC(=O)c3cccc4c3N(Cc3cccc(F)c3)CC43CC3)CC2)cc1. The van der Waals surface area contributed by atoms with Crippen LogP contribution in [-0.2, 0) is 22.2 Å². The maximum atomic E-state index is 13.8. The Morgan fingerprint density at radius 3 is 2.40 bits per heavy atom. The Kier molecular flexibility index (Phi) is 4.95. The number of anilines is 1. The second-order valence-corrected chi connectivity index (χ2v) is 10.1. The van der Waals surface area contributed by atoms with Crippen molar-refractivity contribution in [2.45, 2.75) is 43.2 Å². The van der Waals surface area contributed by atoms with Crippen molar-refractivity contribution in [3.05, 3.63) is 100 Å². The van der Waals surface area contributed by atoms with E-state index in [2.05, 4.69) is 16.3 Å². The Morgan fingerprint density at radius 1 is 1.00 bits per heavy atom. The number of nitrogens with zero attached hydrogens (tertiary/aromatic N) is 1. The summed E-state index contributed by atoms with van der Waals surface area (Å²) in [5.74, 6) is -0.723. The molecule has 3 aromatic rings. The molecule has 0 aromatic heterocycles. The lowest BCUT2D eigenvalue weighted by molar-refractivity contribution is 0.0600. The van der Waals surface area contributed by atoms with Gasteiger partial charge in [-0.05, 0) is 72.7 Å². The van der Waals surface area contributed by atoms with Gasteiger partial charge in [0.05, 0.1) is 29.5 Å².